The third-order valence-corrected chi connectivity index (χ3v) is 8.97. The molecule has 0 aliphatic carbocycles. The molecule has 2 heterocycles. The number of rotatable bonds is 8. The summed E-state index contributed by atoms with van der Waals surface area (Å²) in [4.78, 5) is 44.1. The number of esters is 1. The molecule has 0 radical (unpaired) electrons. The smallest absolute Gasteiger partial charge is 0.337 e. The number of thiocarbonyl (C=S) groups is 1. The van der Waals surface area contributed by atoms with Crippen molar-refractivity contribution in [2.24, 2.45) is 0 Å². The molecule has 0 N–H and O–H groups in total. The molecule has 5 rings (SSSR count). The molecule has 9 heteroatoms. The number of thioether (sulfide) groups is 1. The Morgan fingerprint density at radius 2 is 1.51 bits per heavy atom. The van der Waals surface area contributed by atoms with Crippen molar-refractivity contribution in [1.29, 1.82) is 0 Å². The van der Waals surface area contributed by atoms with Crippen LogP contribution in [0, 0.1) is 0 Å². The predicted molar refractivity (Wildman–Crippen MR) is 160 cm³/mol. The molecule has 0 spiro atoms. The number of hydrogen-bond acceptors (Lipinski definition) is 7. The van der Waals surface area contributed by atoms with Crippen LogP contribution in [-0.2, 0) is 14.3 Å². The number of ether oxygens (including phenoxy) is 1. The van der Waals surface area contributed by atoms with Gasteiger partial charge in [-0.15, -0.1) is 0 Å². The van der Waals surface area contributed by atoms with E-state index in [-0.39, 0.29) is 11.8 Å². The van der Waals surface area contributed by atoms with Crippen molar-refractivity contribution in [2.75, 3.05) is 18.6 Å². The van der Waals surface area contributed by atoms with Crippen molar-refractivity contribution in [3.63, 3.8) is 0 Å². The van der Waals surface area contributed by atoms with Crippen LogP contribution in [0.2, 0.25) is 0 Å². The van der Waals surface area contributed by atoms with E-state index in [1.165, 1.54) is 18.9 Å². The molecule has 0 saturated carbocycles. The van der Waals surface area contributed by atoms with Crippen LogP contribution in [-0.4, -0.2) is 40.7 Å². The highest BCUT2D eigenvalue weighted by Gasteiger charge is 2.32. The van der Waals surface area contributed by atoms with Crippen molar-refractivity contribution in [3.8, 4) is 0 Å². The number of fused-ring (bicyclic) bond motifs is 2. The molecule has 198 valence electrons. The SMILES string of the molecule is COC(=O)c1ccc(/C=C2\SC(=S)N(CCCCCC(=O)N3c4ccccc4Sc4ccccc43)C2=O)cc1. The first-order valence-corrected chi connectivity index (χ1v) is 14.6. The molecule has 0 bridgehead atoms. The van der Waals surface area contributed by atoms with E-state index in [4.69, 9.17) is 17.0 Å². The van der Waals surface area contributed by atoms with Gasteiger partial charge in [0, 0.05) is 22.8 Å². The Bertz CT molecular complexity index is 1420. The Morgan fingerprint density at radius 1 is 0.872 bits per heavy atom. The summed E-state index contributed by atoms with van der Waals surface area (Å²) in [6, 6.07) is 22.9. The molecule has 1 saturated heterocycles. The number of anilines is 2. The molecule has 2 amide bonds. The highest BCUT2D eigenvalue weighted by molar-refractivity contribution is 8.26. The minimum Gasteiger partial charge on any atom is -0.465 e. The van der Waals surface area contributed by atoms with Crippen molar-refractivity contribution >= 4 is 75.3 Å². The third-order valence-electron chi connectivity index (χ3n) is 6.46. The fourth-order valence-electron chi connectivity index (χ4n) is 4.49. The van der Waals surface area contributed by atoms with Gasteiger partial charge in [0.05, 0.1) is 29.0 Å². The number of unbranched alkanes of at least 4 members (excludes halogenated alkanes) is 2. The lowest BCUT2D eigenvalue weighted by Gasteiger charge is -2.31. The second kappa shape index (κ2) is 12.2. The molecule has 0 aromatic heterocycles. The molecule has 6 nitrogen and oxygen atoms in total. The van der Waals surface area contributed by atoms with Gasteiger partial charge < -0.3 is 4.74 Å². The van der Waals surface area contributed by atoms with Gasteiger partial charge in [-0.1, -0.05) is 78.6 Å². The molecule has 0 unspecified atom stereocenters. The van der Waals surface area contributed by atoms with E-state index in [2.05, 4.69) is 0 Å². The lowest BCUT2D eigenvalue weighted by Crippen LogP contribution is -2.29. The van der Waals surface area contributed by atoms with Gasteiger partial charge >= 0.3 is 5.97 Å². The summed E-state index contributed by atoms with van der Waals surface area (Å²) >= 11 is 8.43. The van der Waals surface area contributed by atoms with Gasteiger partial charge in [-0.2, -0.15) is 0 Å². The zero-order valence-electron chi connectivity index (χ0n) is 21.3. The normalized spacial score (nSPS) is 15.4. The number of nitrogens with zero attached hydrogens (tertiary/aromatic N) is 2. The summed E-state index contributed by atoms with van der Waals surface area (Å²) in [7, 11) is 1.34. The van der Waals surface area contributed by atoms with Gasteiger partial charge in [0.15, 0.2) is 0 Å². The van der Waals surface area contributed by atoms with E-state index in [0.29, 0.717) is 27.8 Å². The van der Waals surface area contributed by atoms with Gasteiger partial charge in [-0.3, -0.25) is 19.4 Å². The highest BCUT2D eigenvalue weighted by atomic mass is 32.2. The molecule has 2 aliphatic rings. The maximum Gasteiger partial charge on any atom is 0.337 e. The van der Waals surface area contributed by atoms with E-state index < -0.39 is 5.97 Å². The summed E-state index contributed by atoms with van der Waals surface area (Å²) < 4.78 is 5.26. The van der Waals surface area contributed by atoms with Crippen LogP contribution in [0.3, 0.4) is 0 Å². The number of para-hydroxylation sites is 2. The van der Waals surface area contributed by atoms with Crippen molar-refractivity contribution in [3.05, 3.63) is 88.8 Å². The van der Waals surface area contributed by atoms with Crippen LogP contribution in [0.5, 0.6) is 0 Å². The maximum absolute atomic E-state index is 13.3. The van der Waals surface area contributed by atoms with Crippen LogP contribution in [0.25, 0.3) is 6.08 Å². The second-order valence-electron chi connectivity index (χ2n) is 9.02. The molecular formula is C30H26N2O4S3. The van der Waals surface area contributed by atoms with E-state index in [1.807, 2.05) is 53.4 Å². The van der Waals surface area contributed by atoms with Gasteiger partial charge in [0.25, 0.3) is 5.91 Å². The largest absolute Gasteiger partial charge is 0.465 e. The first kappa shape index (κ1) is 27.2. The van der Waals surface area contributed by atoms with Crippen LogP contribution in [0.4, 0.5) is 11.4 Å². The van der Waals surface area contributed by atoms with E-state index in [9.17, 15) is 14.4 Å². The average molecular weight is 575 g/mol. The summed E-state index contributed by atoms with van der Waals surface area (Å²) in [5, 5.41) is 0. The number of carbonyl (C=O) groups is 3. The summed E-state index contributed by atoms with van der Waals surface area (Å²) in [5.74, 6) is -0.446. The molecule has 3 aromatic carbocycles. The summed E-state index contributed by atoms with van der Waals surface area (Å²) in [5.41, 5.74) is 3.11. The van der Waals surface area contributed by atoms with Crippen LogP contribution < -0.4 is 4.90 Å². The minimum absolute atomic E-state index is 0.0713. The quantitative estimate of drug-likeness (QED) is 0.123. The van der Waals surface area contributed by atoms with Crippen LogP contribution in [0.15, 0.2) is 87.5 Å². The van der Waals surface area contributed by atoms with Crippen molar-refractivity contribution in [2.45, 2.75) is 35.5 Å². The Balaban J connectivity index is 1.14. The topological polar surface area (TPSA) is 66.9 Å². The fourth-order valence-corrected chi connectivity index (χ4v) is 6.85. The summed E-state index contributed by atoms with van der Waals surface area (Å²) in [6.07, 6.45) is 4.50. The minimum atomic E-state index is -0.404. The van der Waals surface area contributed by atoms with E-state index in [1.54, 1.807) is 47.0 Å². The number of benzene rings is 3. The van der Waals surface area contributed by atoms with Gasteiger partial charge in [-0.05, 0) is 60.9 Å². The number of methoxy groups -OCH3 is 1. The van der Waals surface area contributed by atoms with Crippen molar-refractivity contribution < 1.29 is 19.1 Å². The lowest BCUT2D eigenvalue weighted by atomic mass is 10.1. The molecule has 3 aromatic rings. The standard InChI is InChI=1S/C30H26N2O4S3/c1-36-29(35)21-16-14-20(15-17-21)19-26-28(34)31(30(37)39-26)18-8-2-3-13-27(33)32-22-9-4-6-11-24(22)38-25-12-7-5-10-23(25)32/h4-7,9-12,14-17,19H,2-3,8,13,18H2,1H3/b26-19-. The lowest BCUT2D eigenvalue weighted by molar-refractivity contribution is -0.122. The summed E-state index contributed by atoms with van der Waals surface area (Å²) in [6.45, 7) is 0.517. The molecule has 1 fully saturated rings. The fraction of sp³-hybridized carbons (Fsp3) is 0.200. The molecule has 0 atom stereocenters. The Labute approximate surface area is 241 Å². The molecule has 39 heavy (non-hydrogen) atoms. The monoisotopic (exact) mass is 574 g/mol. The third kappa shape index (κ3) is 5.95. The van der Waals surface area contributed by atoms with E-state index in [0.717, 1.165) is 46.0 Å². The maximum atomic E-state index is 13.3. The highest BCUT2D eigenvalue weighted by Crippen LogP contribution is 2.48. The van der Waals surface area contributed by atoms with Crippen LogP contribution in [0.1, 0.15) is 41.6 Å². The van der Waals surface area contributed by atoms with Crippen LogP contribution >= 0.6 is 35.7 Å². The first-order chi connectivity index (χ1) is 19.0. The zero-order valence-corrected chi connectivity index (χ0v) is 23.7. The van der Waals surface area contributed by atoms with E-state index >= 15 is 0 Å². The molecule has 2 aliphatic heterocycles. The number of hydrogen-bond donors (Lipinski definition) is 0. The first-order valence-electron chi connectivity index (χ1n) is 12.6. The van der Waals surface area contributed by atoms with Gasteiger partial charge in [-0.25, -0.2) is 4.79 Å². The average Bonchev–Trinajstić information content (AvgIpc) is 3.22. The number of carbonyl (C=O) groups excluding carboxylic acids is 3. The predicted octanol–water partition coefficient (Wildman–Crippen LogP) is 7.06. The van der Waals surface area contributed by atoms with Gasteiger partial charge in [0.2, 0.25) is 5.91 Å². The number of amides is 2. The Hall–Kier alpha value is -3.40. The second-order valence-corrected chi connectivity index (χ2v) is 11.8. The zero-order chi connectivity index (χ0) is 27.4. The molecular weight excluding hydrogens is 549 g/mol. The van der Waals surface area contributed by atoms with Crippen molar-refractivity contribution in [1.82, 2.24) is 4.90 Å². The Morgan fingerprint density at radius 3 is 2.15 bits per heavy atom. The van der Waals surface area contributed by atoms with Gasteiger partial charge in [0.1, 0.15) is 4.32 Å². The Kier molecular flexibility index (Phi) is 8.50.